The number of ketones is 1. The third-order valence-corrected chi connectivity index (χ3v) is 12.5. The van der Waals surface area contributed by atoms with Gasteiger partial charge in [0.25, 0.3) is 0 Å². The molecule has 54 heavy (non-hydrogen) atoms. The number of esters is 1. The van der Waals surface area contributed by atoms with Gasteiger partial charge in [0.05, 0.1) is 47.9 Å². The van der Waals surface area contributed by atoms with Crippen LogP contribution in [0.2, 0.25) is 0 Å². The molecule has 11 nitrogen and oxygen atoms in total. The highest BCUT2D eigenvalue weighted by Crippen LogP contribution is 2.57. The maximum atomic E-state index is 13.7. The lowest BCUT2D eigenvalue weighted by Crippen LogP contribution is -2.51. The molecule has 4 heterocycles. The number of nitrogens with zero attached hydrogens (tertiary/aromatic N) is 1. The number of hydrogen-bond acceptors (Lipinski definition) is 11. The van der Waals surface area contributed by atoms with E-state index in [1.165, 1.54) is 0 Å². The molecule has 2 aromatic carbocycles. The minimum atomic E-state index is -1.20. The number of nitrogens with one attached hydrogen (secondary N) is 1. The highest BCUT2D eigenvalue weighted by atomic mass is 16.6. The fourth-order valence-electron chi connectivity index (χ4n) is 9.46. The number of carbonyl (C=O) groups is 3. The Kier molecular flexibility index (Phi) is 10.2. The molecular formula is C43H50N2O9. The second kappa shape index (κ2) is 15.1. The lowest BCUT2D eigenvalue weighted by molar-refractivity contribution is -0.141. The van der Waals surface area contributed by atoms with Gasteiger partial charge < -0.3 is 34.5 Å². The first-order valence-electron chi connectivity index (χ1n) is 19.8. The monoisotopic (exact) mass is 738 g/mol. The number of hydrogen-bond donors (Lipinski definition) is 3. The number of benzene rings is 2. The summed E-state index contributed by atoms with van der Waals surface area (Å²) in [4.78, 5) is 45.1. The standard InChI is InChI=1S/C43H50N2O9/c1-3-51-42(49)41-31(22-46)36(26-10-12-34(48)29(20-26)24-9-11-33-25(19-24)13-18-45-33)37-39(52-28-7-5-4-6-8-28)30-21-35(43(2,50)27-14-16-44-17-15-27)53-38(30)32(23-47)40(37)54-41/h9,11,13,19,22,27-29,35,44,47,50H,3-8,10,12,14-18,20-21,23H2,1-2H3/b36-26-/t29-,35+,43-/m1/s1. The number of aldehydes is 1. The van der Waals surface area contributed by atoms with Crippen LogP contribution >= 0.6 is 0 Å². The summed E-state index contributed by atoms with van der Waals surface area (Å²) >= 11 is 0. The van der Waals surface area contributed by atoms with E-state index in [-0.39, 0.29) is 47.9 Å². The van der Waals surface area contributed by atoms with Crippen LogP contribution in [0.25, 0.3) is 11.6 Å². The topological polar surface area (TPSA) is 153 Å². The van der Waals surface area contributed by atoms with E-state index < -0.39 is 30.2 Å². The van der Waals surface area contributed by atoms with Crippen LogP contribution in [0.3, 0.4) is 0 Å². The molecule has 1 saturated heterocycles. The van der Waals surface area contributed by atoms with Crippen molar-refractivity contribution < 1.29 is 43.5 Å². The minimum absolute atomic E-state index is 0.0112. The molecule has 0 unspecified atom stereocenters. The van der Waals surface area contributed by atoms with E-state index in [0.29, 0.717) is 65.9 Å². The Hall–Kier alpha value is -4.32. The first kappa shape index (κ1) is 36.6. The maximum absolute atomic E-state index is 13.7. The molecule has 2 aromatic rings. The molecule has 3 fully saturated rings. The van der Waals surface area contributed by atoms with Crippen LogP contribution in [0.1, 0.15) is 106 Å². The summed E-state index contributed by atoms with van der Waals surface area (Å²) in [7, 11) is 0. The van der Waals surface area contributed by atoms with Gasteiger partial charge in [-0.3, -0.25) is 14.6 Å². The van der Waals surface area contributed by atoms with Crippen LogP contribution in [0.4, 0.5) is 0 Å². The van der Waals surface area contributed by atoms with E-state index in [1.807, 2.05) is 31.2 Å². The molecule has 2 saturated carbocycles. The number of allylic oxidation sites excluding steroid dienone is 3. The number of fused-ring (bicyclic) bond motifs is 3. The fraction of sp³-hybridized carbons (Fsp3) is 0.535. The minimum Gasteiger partial charge on any atom is -0.489 e. The van der Waals surface area contributed by atoms with Crippen molar-refractivity contribution in [2.45, 2.75) is 115 Å². The second-order valence-electron chi connectivity index (χ2n) is 15.7. The Morgan fingerprint density at radius 2 is 1.89 bits per heavy atom. The smallest absolute Gasteiger partial charge is 0.375 e. The van der Waals surface area contributed by atoms with Gasteiger partial charge in [0, 0.05) is 29.9 Å². The third kappa shape index (κ3) is 6.47. The Labute approximate surface area is 315 Å². The van der Waals surface area contributed by atoms with Gasteiger partial charge in [-0.1, -0.05) is 24.1 Å². The van der Waals surface area contributed by atoms with E-state index >= 15 is 0 Å². The Morgan fingerprint density at radius 1 is 1.09 bits per heavy atom. The highest BCUT2D eigenvalue weighted by Gasteiger charge is 2.49. The highest BCUT2D eigenvalue weighted by molar-refractivity contribution is 6.11. The summed E-state index contributed by atoms with van der Waals surface area (Å²) < 4.78 is 25.6. The molecule has 6 aliphatic rings. The van der Waals surface area contributed by atoms with Gasteiger partial charge >= 0.3 is 5.97 Å². The third-order valence-electron chi connectivity index (χ3n) is 12.5. The number of piperidine rings is 1. The lowest BCUT2D eigenvalue weighted by Gasteiger charge is -2.39. The summed E-state index contributed by atoms with van der Waals surface area (Å²) in [6.45, 7) is 5.28. The molecule has 2 aliphatic carbocycles. The van der Waals surface area contributed by atoms with E-state index in [9.17, 15) is 24.6 Å². The molecule has 0 aromatic heterocycles. The zero-order chi connectivity index (χ0) is 37.6. The largest absolute Gasteiger partial charge is 0.489 e. The van der Waals surface area contributed by atoms with Crippen molar-refractivity contribution in [2.24, 2.45) is 10.9 Å². The second-order valence-corrected chi connectivity index (χ2v) is 15.7. The molecule has 3 N–H and O–H groups in total. The van der Waals surface area contributed by atoms with E-state index in [4.69, 9.17) is 18.9 Å². The van der Waals surface area contributed by atoms with Gasteiger partial charge in [-0.25, -0.2) is 4.79 Å². The van der Waals surface area contributed by atoms with Crippen molar-refractivity contribution in [3.05, 3.63) is 67.9 Å². The number of rotatable bonds is 9. The van der Waals surface area contributed by atoms with Gasteiger partial charge in [-0.2, -0.15) is 0 Å². The summed E-state index contributed by atoms with van der Waals surface area (Å²) in [5.41, 5.74) is 2.50. The number of aliphatic hydroxyl groups excluding tert-OH is 1. The first-order valence-corrected chi connectivity index (χ1v) is 19.8. The summed E-state index contributed by atoms with van der Waals surface area (Å²) in [6.07, 6.45) is 9.58. The number of Topliss-reactive ketones (excluding diaryl/α,β-unsaturated/α-hetero) is 1. The van der Waals surface area contributed by atoms with Gasteiger partial charge in [-0.05, 0) is 107 Å². The van der Waals surface area contributed by atoms with Crippen molar-refractivity contribution in [1.29, 1.82) is 0 Å². The van der Waals surface area contributed by atoms with Crippen molar-refractivity contribution >= 4 is 29.7 Å². The number of carbonyl (C=O) groups excluding carboxylic acids is 3. The SMILES string of the molecule is CCOC(=O)C1=C(C=O)/C(=C2\CCC(=O)[C@@H](c3ccc4c(c3)=CCN=4)C2)c2c(c(CO)c3c(c2OC2CCCCC2)C[C@@H]([C@](C)(O)C2CCNCC2)O3)O1. The molecule has 11 heteroatoms. The average Bonchev–Trinajstić information content (AvgIpc) is 3.86. The quantitative estimate of drug-likeness (QED) is 0.254. The number of ether oxygens (including phenoxy) is 4. The van der Waals surface area contributed by atoms with Crippen LogP contribution < -0.4 is 30.1 Å². The summed E-state index contributed by atoms with van der Waals surface area (Å²) in [6, 6.07) is 5.93. The van der Waals surface area contributed by atoms with Gasteiger partial charge in [0.2, 0.25) is 5.76 Å². The molecular weight excluding hydrogens is 688 g/mol. The van der Waals surface area contributed by atoms with E-state index in [2.05, 4.69) is 10.3 Å². The lowest BCUT2D eigenvalue weighted by atomic mass is 9.75. The molecule has 286 valence electrons. The van der Waals surface area contributed by atoms with Crippen LogP contribution in [0.5, 0.6) is 17.2 Å². The van der Waals surface area contributed by atoms with Crippen molar-refractivity contribution in [3.8, 4) is 17.2 Å². The maximum Gasteiger partial charge on any atom is 0.375 e. The van der Waals surface area contributed by atoms with Crippen LogP contribution in [-0.4, -0.2) is 72.3 Å². The molecule has 0 amide bonds. The predicted molar refractivity (Wildman–Crippen MR) is 200 cm³/mol. The first-order chi connectivity index (χ1) is 26.2. The van der Waals surface area contributed by atoms with Gasteiger partial charge in [0.15, 0.2) is 6.29 Å². The van der Waals surface area contributed by atoms with E-state index in [0.717, 1.165) is 79.7 Å². The van der Waals surface area contributed by atoms with Crippen LogP contribution in [0.15, 0.2) is 40.1 Å². The van der Waals surface area contributed by atoms with Crippen LogP contribution in [-0.2, 0) is 32.1 Å². The molecule has 0 radical (unpaired) electrons. The molecule has 8 rings (SSSR count). The Bertz CT molecular complexity index is 2050. The van der Waals surface area contributed by atoms with Crippen LogP contribution in [0, 0.1) is 5.92 Å². The average molecular weight is 739 g/mol. The molecule has 0 bridgehead atoms. The zero-order valence-corrected chi connectivity index (χ0v) is 31.2. The Balaban J connectivity index is 1.33. The summed E-state index contributed by atoms with van der Waals surface area (Å²) in [5, 5.41) is 28.5. The summed E-state index contributed by atoms with van der Waals surface area (Å²) in [5.74, 6) is -0.447. The van der Waals surface area contributed by atoms with Gasteiger partial charge in [0.1, 0.15) is 34.7 Å². The normalized spacial score (nSPS) is 25.3. The van der Waals surface area contributed by atoms with Crippen molar-refractivity contribution in [2.75, 3.05) is 26.2 Å². The fourth-order valence-corrected chi connectivity index (χ4v) is 9.46. The molecule has 4 aliphatic heterocycles. The van der Waals surface area contributed by atoms with E-state index in [1.54, 1.807) is 6.92 Å². The zero-order valence-electron chi connectivity index (χ0n) is 31.2. The predicted octanol–water partition coefficient (Wildman–Crippen LogP) is 4.06. The number of aliphatic hydroxyl groups is 2. The van der Waals surface area contributed by atoms with Gasteiger partial charge in [-0.15, -0.1) is 0 Å². The van der Waals surface area contributed by atoms with Crippen molar-refractivity contribution in [1.82, 2.24) is 5.32 Å². The molecule has 0 spiro atoms. The Morgan fingerprint density at radius 3 is 2.63 bits per heavy atom. The van der Waals surface area contributed by atoms with Crippen molar-refractivity contribution in [3.63, 3.8) is 0 Å². The molecule has 3 atom stereocenters.